The Morgan fingerprint density at radius 2 is 1.44 bits per heavy atom. The zero-order valence-electron chi connectivity index (χ0n) is 8.74. The normalized spacial score (nSPS) is 36.0. The van der Waals surface area contributed by atoms with Crippen LogP contribution in [0.5, 0.6) is 0 Å². The molecule has 1 aromatic rings. The molecule has 7 heteroatoms. The maximum atomic E-state index is 6.54. The number of hydrogen-bond donors (Lipinski definition) is 0. The monoisotopic (exact) mass is 318 g/mol. The summed E-state index contributed by atoms with van der Waals surface area (Å²) in [7, 11) is 3.45. The van der Waals surface area contributed by atoms with Crippen LogP contribution in [0.2, 0.25) is 0 Å². The molecule has 0 aromatic heterocycles. The summed E-state index contributed by atoms with van der Waals surface area (Å²) in [5.41, 5.74) is 0.892. The Balaban J connectivity index is 2.45. The number of nitrogens with zero attached hydrogens (tertiary/aromatic N) is 2. The van der Waals surface area contributed by atoms with Crippen LogP contribution in [0.1, 0.15) is 5.56 Å². The van der Waals surface area contributed by atoms with Crippen LogP contribution in [0, 0.1) is 0 Å². The van der Waals surface area contributed by atoms with Gasteiger partial charge < -0.3 is 0 Å². The molecule has 90 valence electrons. The number of alkyl halides is 1. The molecule has 0 amide bonds. The van der Waals surface area contributed by atoms with Crippen molar-refractivity contribution >= 4 is 50.3 Å². The van der Waals surface area contributed by atoms with Crippen molar-refractivity contribution in [1.29, 1.82) is 0 Å². The third kappa shape index (κ3) is 1.52. The summed E-state index contributed by atoms with van der Waals surface area (Å²) in [4.78, 5) is -3.49. The summed E-state index contributed by atoms with van der Waals surface area (Å²) in [6.07, 6.45) is 0. The molecule has 0 saturated carbocycles. The van der Waals surface area contributed by atoms with Gasteiger partial charge in [0.25, 0.3) is 0 Å². The van der Waals surface area contributed by atoms with Gasteiger partial charge in [0.15, 0.2) is 0 Å². The van der Waals surface area contributed by atoms with Crippen LogP contribution in [0.4, 0.5) is 0 Å². The minimum absolute atomic E-state index is 0.871. The molecule has 2 nitrogen and oxygen atoms in total. The second-order valence-corrected chi connectivity index (χ2v) is 14.3. The molecule has 0 atom stereocenters. The maximum absolute atomic E-state index is 6.54. The zero-order valence-corrected chi connectivity index (χ0v) is 12.7. The predicted octanol–water partition coefficient (Wildman–Crippen LogP) is 4.76. The van der Waals surface area contributed by atoms with Crippen LogP contribution in [0.25, 0.3) is 0 Å². The number of hydrogen-bond acceptors (Lipinski definition) is 2. The van der Waals surface area contributed by atoms with E-state index in [9.17, 15) is 0 Å². The molecule has 2 rings (SSSR count). The van der Waals surface area contributed by atoms with E-state index in [0.717, 1.165) is 5.56 Å². The van der Waals surface area contributed by atoms with E-state index in [2.05, 4.69) is 0 Å². The number of rotatable bonds is 1. The molecule has 0 aliphatic carbocycles. The average molecular weight is 320 g/mol. The Morgan fingerprint density at radius 1 is 1.00 bits per heavy atom. The number of benzene rings is 1. The molecule has 1 aliphatic heterocycles. The molecule has 1 aromatic carbocycles. The fourth-order valence-electron chi connectivity index (χ4n) is 1.82. The Kier molecular flexibility index (Phi) is 2.97. The van der Waals surface area contributed by atoms with E-state index in [-0.39, 0.29) is 0 Å². The summed E-state index contributed by atoms with van der Waals surface area (Å²) in [6, 6.07) is 9.56. The van der Waals surface area contributed by atoms with E-state index < -0.39 is 10.1 Å². The van der Waals surface area contributed by atoms with Gasteiger partial charge in [-0.05, 0) is 0 Å². The van der Waals surface area contributed by atoms with Crippen molar-refractivity contribution in [2.24, 2.45) is 0 Å². The van der Waals surface area contributed by atoms with Gasteiger partial charge in [0.05, 0.1) is 0 Å². The van der Waals surface area contributed by atoms with Gasteiger partial charge in [-0.1, -0.05) is 0 Å². The zero-order chi connectivity index (χ0) is 12.2. The van der Waals surface area contributed by atoms with Gasteiger partial charge in [0.1, 0.15) is 0 Å². The summed E-state index contributed by atoms with van der Waals surface area (Å²) in [5, 5.41) is -0.871. The standard InChI is InChI=1S/C9H11Cl4N2P/c1-14-9(10,8-6-4-3-5-7-8)15(2)16(14,11,12)13/h3-7H,1-2H3. The summed E-state index contributed by atoms with van der Waals surface area (Å²) in [5.74, 6) is 0. The van der Waals surface area contributed by atoms with Crippen molar-refractivity contribution in [2.75, 3.05) is 14.1 Å². The van der Waals surface area contributed by atoms with Gasteiger partial charge in [-0.25, -0.2) is 0 Å². The van der Waals surface area contributed by atoms with Crippen LogP contribution in [0.3, 0.4) is 0 Å². The molecule has 1 heterocycles. The molecule has 16 heavy (non-hydrogen) atoms. The second kappa shape index (κ2) is 3.61. The fraction of sp³-hybridized carbons (Fsp3) is 0.333. The van der Waals surface area contributed by atoms with Gasteiger partial charge in [0.2, 0.25) is 0 Å². The molecule has 1 saturated heterocycles. The van der Waals surface area contributed by atoms with Gasteiger partial charge >= 0.3 is 115 Å². The molecule has 1 fully saturated rings. The van der Waals surface area contributed by atoms with E-state index in [4.69, 9.17) is 45.3 Å². The second-order valence-electron chi connectivity index (χ2n) is 3.74. The van der Waals surface area contributed by atoms with Gasteiger partial charge in [-0.2, -0.15) is 0 Å². The molecule has 1 aliphatic rings. The molecule has 0 spiro atoms. The first-order chi connectivity index (χ1) is 7.20. The number of halogens is 4. The average Bonchev–Trinajstić information content (AvgIpc) is 2.26. The van der Waals surface area contributed by atoms with Crippen LogP contribution in [0.15, 0.2) is 30.3 Å². The topological polar surface area (TPSA) is 6.48 Å². The van der Waals surface area contributed by atoms with Crippen molar-refractivity contribution in [1.82, 2.24) is 9.34 Å². The summed E-state index contributed by atoms with van der Waals surface area (Å²) < 4.78 is 3.25. The van der Waals surface area contributed by atoms with Crippen LogP contribution < -0.4 is 0 Å². The van der Waals surface area contributed by atoms with E-state index in [0.29, 0.717) is 0 Å². The van der Waals surface area contributed by atoms with E-state index in [1.54, 1.807) is 23.4 Å². The molecule has 0 radical (unpaired) electrons. The first-order valence-corrected chi connectivity index (χ1v) is 9.83. The molecule has 0 N–H and O–H groups in total. The minimum atomic E-state index is -3.49. The first kappa shape index (κ1) is 13.2. The predicted molar refractivity (Wildman–Crippen MR) is 74.0 cm³/mol. The van der Waals surface area contributed by atoms with Gasteiger partial charge in [-0.3, -0.25) is 0 Å². The van der Waals surface area contributed by atoms with E-state index in [1.807, 2.05) is 30.3 Å². The summed E-state index contributed by atoms with van der Waals surface area (Å²) >= 11 is 25.2. The Bertz CT molecular complexity index is 403. The van der Waals surface area contributed by atoms with E-state index >= 15 is 0 Å². The third-order valence-corrected chi connectivity index (χ3v) is 10.5. The molecular formula is C9H11Cl4N2P. The fourth-order valence-corrected chi connectivity index (χ4v) is 7.11. The Morgan fingerprint density at radius 3 is 1.88 bits per heavy atom. The van der Waals surface area contributed by atoms with Crippen molar-refractivity contribution in [2.45, 2.75) is 5.12 Å². The van der Waals surface area contributed by atoms with Crippen LogP contribution in [-0.2, 0) is 5.12 Å². The van der Waals surface area contributed by atoms with Crippen LogP contribution in [-0.4, -0.2) is 23.4 Å². The van der Waals surface area contributed by atoms with Gasteiger partial charge in [0, 0.05) is 0 Å². The van der Waals surface area contributed by atoms with Crippen molar-refractivity contribution in [3.63, 3.8) is 0 Å². The van der Waals surface area contributed by atoms with E-state index in [1.165, 1.54) is 0 Å². The van der Waals surface area contributed by atoms with Crippen molar-refractivity contribution < 1.29 is 0 Å². The third-order valence-electron chi connectivity index (χ3n) is 2.95. The summed E-state index contributed by atoms with van der Waals surface area (Å²) in [6.45, 7) is 0. The Hall–Kier alpha value is 0.730. The Labute approximate surface area is 114 Å². The molecule has 0 unspecified atom stereocenters. The molecule has 0 bridgehead atoms. The quantitative estimate of drug-likeness (QED) is 0.418. The first-order valence-electron chi connectivity index (χ1n) is 4.60. The molecular weight excluding hydrogens is 309 g/mol. The SMILES string of the molecule is CN1C(Cl)(c2ccccc2)N(C)P1(Cl)(Cl)Cl. The van der Waals surface area contributed by atoms with Crippen molar-refractivity contribution in [3.8, 4) is 0 Å². The van der Waals surface area contributed by atoms with Crippen LogP contribution >= 0.6 is 50.3 Å². The van der Waals surface area contributed by atoms with Crippen molar-refractivity contribution in [3.05, 3.63) is 35.9 Å². The van der Waals surface area contributed by atoms with Gasteiger partial charge in [-0.15, -0.1) is 0 Å².